The number of hydrogen-bond donors (Lipinski definition) is 2. The minimum atomic E-state index is -0.803. The zero-order valence-electron chi connectivity index (χ0n) is 12.9. The highest BCUT2D eigenvalue weighted by Gasteiger charge is 2.25. The van der Waals surface area contributed by atoms with E-state index in [0.29, 0.717) is 31.5 Å². The fourth-order valence-corrected chi connectivity index (χ4v) is 3.38. The third-order valence-electron chi connectivity index (χ3n) is 4.79. The van der Waals surface area contributed by atoms with Gasteiger partial charge in [-0.2, -0.15) is 0 Å². The van der Waals surface area contributed by atoms with Crippen LogP contribution in [0.25, 0.3) is 0 Å². The smallest absolute Gasteiger partial charge is 0.317 e. The number of aliphatic carboxylic acids is 1. The van der Waals surface area contributed by atoms with Crippen molar-refractivity contribution >= 4 is 12.0 Å². The van der Waals surface area contributed by atoms with Gasteiger partial charge in [0.25, 0.3) is 0 Å². The number of rotatable bonds is 4. The summed E-state index contributed by atoms with van der Waals surface area (Å²) in [7, 11) is 0. The first kappa shape index (κ1) is 16.1. The van der Waals surface area contributed by atoms with Gasteiger partial charge in [0, 0.05) is 32.7 Å². The van der Waals surface area contributed by atoms with Crippen LogP contribution in [0.1, 0.15) is 32.6 Å². The van der Waals surface area contributed by atoms with Gasteiger partial charge in [-0.15, -0.1) is 0 Å². The molecule has 6 nitrogen and oxygen atoms in total. The third kappa shape index (κ3) is 4.88. The zero-order chi connectivity index (χ0) is 15.2. The van der Waals surface area contributed by atoms with Gasteiger partial charge in [-0.05, 0) is 24.7 Å². The molecule has 2 unspecified atom stereocenters. The van der Waals surface area contributed by atoms with Crippen molar-refractivity contribution in [3.63, 3.8) is 0 Å². The molecule has 0 aromatic heterocycles. The summed E-state index contributed by atoms with van der Waals surface area (Å²) in [5, 5.41) is 11.9. The lowest BCUT2D eigenvalue weighted by molar-refractivity contribution is -0.138. The predicted molar refractivity (Wildman–Crippen MR) is 80.2 cm³/mol. The van der Waals surface area contributed by atoms with Gasteiger partial charge in [-0.3, -0.25) is 9.69 Å². The molecule has 21 heavy (non-hydrogen) atoms. The van der Waals surface area contributed by atoms with Crippen LogP contribution >= 0.6 is 0 Å². The Labute approximate surface area is 126 Å². The lowest BCUT2D eigenvalue weighted by Crippen LogP contribution is -2.44. The molecule has 2 aliphatic rings. The lowest BCUT2D eigenvalue weighted by Gasteiger charge is -2.23. The van der Waals surface area contributed by atoms with Crippen LogP contribution in [0.15, 0.2) is 0 Å². The second kappa shape index (κ2) is 7.64. The first-order chi connectivity index (χ1) is 10.1. The Morgan fingerprint density at radius 2 is 1.95 bits per heavy atom. The van der Waals surface area contributed by atoms with Crippen molar-refractivity contribution in [2.45, 2.75) is 32.6 Å². The molecule has 1 aliphatic heterocycles. The van der Waals surface area contributed by atoms with Crippen molar-refractivity contribution in [3.8, 4) is 0 Å². The second-order valence-corrected chi connectivity index (χ2v) is 6.36. The fraction of sp³-hybridized carbons (Fsp3) is 0.867. The first-order valence-corrected chi connectivity index (χ1v) is 8.03. The van der Waals surface area contributed by atoms with Crippen molar-refractivity contribution in [2.24, 2.45) is 11.8 Å². The van der Waals surface area contributed by atoms with Crippen LogP contribution in [0, 0.1) is 11.8 Å². The van der Waals surface area contributed by atoms with Crippen LogP contribution < -0.4 is 5.32 Å². The molecule has 0 radical (unpaired) electrons. The molecule has 2 fully saturated rings. The Kier molecular flexibility index (Phi) is 5.85. The van der Waals surface area contributed by atoms with E-state index in [4.69, 9.17) is 5.11 Å². The minimum absolute atomic E-state index is 0.00581. The topological polar surface area (TPSA) is 72.9 Å². The predicted octanol–water partition coefficient (Wildman–Crippen LogP) is 1.22. The van der Waals surface area contributed by atoms with Gasteiger partial charge >= 0.3 is 12.0 Å². The highest BCUT2D eigenvalue weighted by Crippen LogP contribution is 2.30. The van der Waals surface area contributed by atoms with Gasteiger partial charge in [0.15, 0.2) is 0 Å². The maximum atomic E-state index is 12.2. The fourth-order valence-electron chi connectivity index (χ4n) is 3.38. The molecular weight excluding hydrogens is 270 g/mol. The molecule has 0 spiro atoms. The Morgan fingerprint density at radius 3 is 2.62 bits per heavy atom. The van der Waals surface area contributed by atoms with E-state index in [2.05, 4.69) is 12.2 Å². The maximum Gasteiger partial charge on any atom is 0.317 e. The summed E-state index contributed by atoms with van der Waals surface area (Å²) in [6.45, 7) is 5.81. The van der Waals surface area contributed by atoms with Crippen molar-refractivity contribution in [3.05, 3.63) is 0 Å². The average molecular weight is 297 g/mol. The normalized spacial score (nSPS) is 27.4. The van der Waals surface area contributed by atoms with Crippen molar-refractivity contribution in [2.75, 3.05) is 39.3 Å². The minimum Gasteiger partial charge on any atom is -0.480 e. The van der Waals surface area contributed by atoms with E-state index in [-0.39, 0.29) is 12.6 Å². The number of carbonyl (C=O) groups excluding carboxylic acids is 1. The van der Waals surface area contributed by atoms with Crippen LogP contribution in [0.2, 0.25) is 0 Å². The molecular formula is C15H27N3O3. The molecule has 120 valence electrons. The second-order valence-electron chi connectivity index (χ2n) is 6.36. The van der Waals surface area contributed by atoms with Crippen molar-refractivity contribution < 1.29 is 14.7 Å². The van der Waals surface area contributed by atoms with E-state index in [1.807, 2.05) is 9.80 Å². The number of carbonyl (C=O) groups is 2. The van der Waals surface area contributed by atoms with Gasteiger partial charge in [-0.25, -0.2) is 4.79 Å². The molecule has 1 saturated carbocycles. The third-order valence-corrected chi connectivity index (χ3v) is 4.79. The molecule has 6 heteroatoms. The number of urea groups is 1. The van der Waals surface area contributed by atoms with E-state index in [1.54, 1.807) is 0 Å². The van der Waals surface area contributed by atoms with Gasteiger partial charge in [0.2, 0.25) is 0 Å². The molecule has 2 N–H and O–H groups in total. The number of nitrogens with zero attached hydrogens (tertiary/aromatic N) is 2. The summed E-state index contributed by atoms with van der Waals surface area (Å²) < 4.78 is 0. The molecule has 0 bridgehead atoms. The Hall–Kier alpha value is -1.30. The Bertz CT molecular complexity index is 375. The van der Waals surface area contributed by atoms with Gasteiger partial charge in [-0.1, -0.05) is 19.8 Å². The standard InChI is InChI=1S/C15H27N3O3/c1-12-4-2-5-13(12)10-16-15(21)18-7-3-6-17(8-9-18)11-14(19)20/h12-13H,2-11H2,1H3,(H,16,21)(H,19,20). The van der Waals surface area contributed by atoms with Gasteiger partial charge in [0.05, 0.1) is 6.54 Å². The van der Waals surface area contributed by atoms with Gasteiger partial charge in [0.1, 0.15) is 0 Å². The van der Waals surface area contributed by atoms with E-state index in [0.717, 1.165) is 19.5 Å². The van der Waals surface area contributed by atoms with Crippen LogP contribution in [-0.2, 0) is 4.79 Å². The lowest BCUT2D eigenvalue weighted by atomic mass is 9.98. The maximum absolute atomic E-state index is 12.2. The molecule has 1 saturated heterocycles. The largest absolute Gasteiger partial charge is 0.480 e. The molecule has 0 aromatic rings. The van der Waals surface area contributed by atoms with Crippen molar-refractivity contribution in [1.29, 1.82) is 0 Å². The number of carboxylic acid groups (broad SMARTS) is 1. The Balaban J connectivity index is 1.73. The Morgan fingerprint density at radius 1 is 1.14 bits per heavy atom. The molecule has 0 aromatic carbocycles. The molecule has 1 heterocycles. The summed E-state index contributed by atoms with van der Waals surface area (Å²) in [5.74, 6) is 0.521. The van der Waals surface area contributed by atoms with Gasteiger partial charge < -0.3 is 15.3 Å². The highest BCUT2D eigenvalue weighted by molar-refractivity contribution is 5.74. The van der Waals surface area contributed by atoms with Crippen LogP contribution in [0.4, 0.5) is 4.79 Å². The number of carboxylic acids is 1. The first-order valence-electron chi connectivity index (χ1n) is 8.03. The summed E-state index contributed by atoms with van der Waals surface area (Å²) in [6.07, 6.45) is 4.60. The molecule has 2 atom stereocenters. The van der Waals surface area contributed by atoms with Crippen molar-refractivity contribution in [1.82, 2.24) is 15.1 Å². The van der Waals surface area contributed by atoms with Crippen LogP contribution in [-0.4, -0.2) is 66.2 Å². The summed E-state index contributed by atoms with van der Waals surface area (Å²) in [5.41, 5.74) is 0. The summed E-state index contributed by atoms with van der Waals surface area (Å²) >= 11 is 0. The summed E-state index contributed by atoms with van der Waals surface area (Å²) in [4.78, 5) is 26.7. The molecule has 2 rings (SSSR count). The summed E-state index contributed by atoms with van der Waals surface area (Å²) in [6, 6.07) is 0.00581. The SMILES string of the molecule is CC1CCCC1CNC(=O)N1CCCN(CC(=O)O)CC1. The zero-order valence-corrected chi connectivity index (χ0v) is 12.9. The van der Waals surface area contributed by atoms with Crippen LogP contribution in [0.5, 0.6) is 0 Å². The monoisotopic (exact) mass is 297 g/mol. The van der Waals surface area contributed by atoms with Crippen LogP contribution in [0.3, 0.4) is 0 Å². The average Bonchev–Trinajstić information content (AvgIpc) is 2.70. The number of nitrogens with one attached hydrogen (secondary N) is 1. The van der Waals surface area contributed by atoms with E-state index in [1.165, 1.54) is 19.3 Å². The molecule has 2 amide bonds. The van der Waals surface area contributed by atoms with E-state index >= 15 is 0 Å². The highest BCUT2D eigenvalue weighted by atomic mass is 16.4. The quantitative estimate of drug-likeness (QED) is 0.818. The van der Waals surface area contributed by atoms with E-state index in [9.17, 15) is 9.59 Å². The number of amides is 2. The molecule has 1 aliphatic carbocycles. The number of hydrogen-bond acceptors (Lipinski definition) is 3. The van der Waals surface area contributed by atoms with E-state index < -0.39 is 5.97 Å².